The van der Waals surface area contributed by atoms with Gasteiger partial charge in [0.25, 0.3) is 0 Å². The molecule has 0 aliphatic carbocycles. The van der Waals surface area contributed by atoms with Crippen LogP contribution in [0.3, 0.4) is 0 Å². The van der Waals surface area contributed by atoms with Gasteiger partial charge in [-0.1, -0.05) is 0 Å². The van der Waals surface area contributed by atoms with Crippen LogP contribution in [0, 0.1) is 0 Å². The molecule has 1 fully saturated rings. The van der Waals surface area contributed by atoms with Crippen molar-refractivity contribution in [3.8, 4) is 0 Å². The number of rotatable bonds is 2. The van der Waals surface area contributed by atoms with Crippen molar-refractivity contribution in [3.05, 3.63) is 10.7 Å². The Morgan fingerprint density at radius 1 is 1.44 bits per heavy atom. The van der Waals surface area contributed by atoms with Crippen molar-refractivity contribution in [2.45, 2.75) is 18.9 Å². The van der Waals surface area contributed by atoms with E-state index in [0.29, 0.717) is 17.9 Å². The summed E-state index contributed by atoms with van der Waals surface area (Å²) in [6.07, 6.45) is 2.37. The lowest BCUT2D eigenvalue weighted by Gasteiger charge is -2.31. The van der Waals surface area contributed by atoms with Gasteiger partial charge in [0.15, 0.2) is 0 Å². The lowest BCUT2D eigenvalue weighted by Crippen LogP contribution is -2.37. The van der Waals surface area contributed by atoms with E-state index in [2.05, 4.69) is 30.8 Å². The van der Waals surface area contributed by atoms with Crippen LogP contribution in [0.2, 0.25) is 0 Å². The first-order valence-corrected chi connectivity index (χ1v) is 6.06. The number of ether oxygens (including phenoxy) is 1. The molecular formula is C10H15BrN4O. The maximum atomic E-state index is 5.69. The highest BCUT2D eigenvalue weighted by molar-refractivity contribution is 9.10. The van der Waals surface area contributed by atoms with E-state index in [1.807, 2.05) is 0 Å². The van der Waals surface area contributed by atoms with Crippen molar-refractivity contribution in [2.75, 3.05) is 30.8 Å². The molecule has 5 nitrogen and oxygen atoms in total. The number of piperidine rings is 1. The van der Waals surface area contributed by atoms with Crippen LogP contribution in [-0.4, -0.2) is 36.3 Å². The zero-order chi connectivity index (χ0) is 11.5. The van der Waals surface area contributed by atoms with Crippen molar-refractivity contribution in [3.63, 3.8) is 0 Å². The molecule has 1 saturated heterocycles. The van der Waals surface area contributed by atoms with E-state index in [1.165, 1.54) is 0 Å². The summed E-state index contributed by atoms with van der Waals surface area (Å²) in [6.45, 7) is 1.82. The number of hydrogen-bond donors (Lipinski definition) is 1. The van der Waals surface area contributed by atoms with Crippen LogP contribution < -0.4 is 10.6 Å². The Kier molecular flexibility index (Phi) is 3.60. The predicted molar refractivity (Wildman–Crippen MR) is 66.4 cm³/mol. The maximum Gasteiger partial charge on any atom is 0.228 e. The van der Waals surface area contributed by atoms with E-state index in [-0.39, 0.29) is 0 Å². The van der Waals surface area contributed by atoms with Gasteiger partial charge < -0.3 is 15.4 Å². The minimum Gasteiger partial charge on any atom is -0.383 e. The van der Waals surface area contributed by atoms with E-state index in [9.17, 15) is 0 Å². The first-order valence-electron chi connectivity index (χ1n) is 5.27. The molecule has 6 heteroatoms. The molecule has 0 radical (unpaired) electrons. The van der Waals surface area contributed by atoms with Crippen LogP contribution >= 0.6 is 15.9 Å². The summed E-state index contributed by atoms with van der Waals surface area (Å²) in [5, 5.41) is 0. The fourth-order valence-electron chi connectivity index (χ4n) is 1.86. The fraction of sp³-hybridized carbons (Fsp3) is 0.600. The Labute approximate surface area is 103 Å². The zero-order valence-corrected chi connectivity index (χ0v) is 10.8. The van der Waals surface area contributed by atoms with Crippen LogP contribution in [0.25, 0.3) is 0 Å². The maximum absolute atomic E-state index is 5.69. The van der Waals surface area contributed by atoms with Gasteiger partial charge in [0.2, 0.25) is 5.95 Å². The third-order valence-electron chi connectivity index (χ3n) is 2.76. The molecule has 0 spiro atoms. The fourth-order valence-corrected chi connectivity index (χ4v) is 2.25. The molecule has 0 bridgehead atoms. The molecular weight excluding hydrogens is 272 g/mol. The number of methoxy groups -OCH3 is 1. The molecule has 1 aliphatic rings. The molecule has 0 saturated carbocycles. The molecule has 0 aromatic carbocycles. The molecule has 0 atom stereocenters. The number of nitrogens with zero attached hydrogens (tertiary/aromatic N) is 3. The molecule has 0 unspecified atom stereocenters. The van der Waals surface area contributed by atoms with Gasteiger partial charge in [-0.15, -0.1) is 0 Å². The van der Waals surface area contributed by atoms with Crippen molar-refractivity contribution in [1.82, 2.24) is 9.97 Å². The summed E-state index contributed by atoms with van der Waals surface area (Å²) >= 11 is 3.32. The number of aromatic nitrogens is 2. The average molecular weight is 287 g/mol. The first-order chi connectivity index (χ1) is 7.69. The Hall–Kier alpha value is -0.880. The zero-order valence-electron chi connectivity index (χ0n) is 9.19. The number of nitrogen functional groups attached to an aromatic ring is 1. The topological polar surface area (TPSA) is 64.3 Å². The Balaban J connectivity index is 2.08. The van der Waals surface area contributed by atoms with Gasteiger partial charge in [-0.2, -0.15) is 4.98 Å². The van der Waals surface area contributed by atoms with E-state index in [1.54, 1.807) is 13.2 Å². The smallest absolute Gasteiger partial charge is 0.228 e. The van der Waals surface area contributed by atoms with Gasteiger partial charge in [-0.05, 0) is 28.8 Å². The van der Waals surface area contributed by atoms with Crippen LogP contribution in [0.4, 0.5) is 11.8 Å². The molecule has 16 heavy (non-hydrogen) atoms. The van der Waals surface area contributed by atoms with Crippen LogP contribution in [0.1, 0.15) is 12.8 Å². The lowest BCUT2D eigenvalue weighted by atomic mass is 10.1. The van der Waals surface area contributed by atoms with Crippen LogP contribution in [-0.2, 0) is 4.74 Å². The van der Waals surface area contributed by atoms with Crippen LogP contribution in [0.5, 0.6) is 0 Å². The normalized spacial score (nSPS) is 17.8. The first kappa shape index (κ1) is 11.6. The van der Waals surface area contributed by atoms with Crippen LogP contribution in [0.15, 0.2) is 10.7 Å². The highest BCUT2D eigenvalue weighted by Crippen LogP contribution is 2.20. The van der Waals surface area contributed by atoms with Crippen molar-refractivity contribution >= 4 is 27.7 Å². The second-order valence-electron chi connectivity index (χ2n) is 3.84. The molecule has 1 aliphatic heterocycles. The lowest BCUT2D eigenvalue weighted by molar-refractivity contribution is 0.0816. The largest absolute Gasteiger partial charge is 0.383 e. The van der Waals surface area contributed by atoms with Gasteiger partial charge in [-0.25, -0.2) is 4.98 Å². The van der Waals surface area contributed by atoms with E-state index in [0.717, 1.165) is 30.5 Å². The van der Waals surface area contributed by atoms with Crippen molar-refractivity contribution in [1.29, 1.82) is 0 Å². The molecule has 88 valence electrons. The molecule has 1 aromatic heterocycles. The SMILES string of the molecule is COC1CCN(c2nc(N)cc(Br)n2)CC1. The second-order valence-corrected chi connectivity index (χ2v) is 4.65. The van der Waals surface area contributed by atoms with E-state index < -0.39 is 0 Å². The molecule has 2 rings (SSSR count). The Bertz CT molecular complexity index is 346. The highest BCUT2D eigenvalue weighted by Gasteiger charge is 2.20. The average Bonchev–Trinajstić information content (AvgIpc) is 2.28. The minimum absolute atomic E-state index is 0.362. The third kappa shape index (κ3) is 2.62. The van der Waals surface area contributed by atoms with E-state index >= 15 is 0 Å². The molecule has 2 N–H and O–H groups in total. The second kappa shape index (κ2) is 4.97. The summed E-state index contributed by atoms with van der Waals surface area (Å²) in [5.41, 5.74) is 5.69. The Morgan fingerprint density at radius 3 is 2.69 bits per heavy atom. The van der Waals surface area contributed by atoms with Crippen molar-refractivity contribution < 1.29 is 4.74 Å². The number of nitrogens with two attached hydrogens (primary N) is 1. The standard InChI is InChI=1S/C10H15BrN4O/c1-16-7-2-4-15(5-3-7)10-13-8(11)6-9(12)14-10/h6-7H,2-5H2,1H3,(H2,12,13,14). The summed E-state index contributed by atoms with van der Waals surface area (Å²) < 4.78 is 6.05. The molecule has 2 heterocycles. The van der Waals surface area contributed by atoms with Gasteiger partial charge in [0.05, 0.1) is 6.10 Å². The van der Waals surface area contributed by atoms with Gasteiger partial charge >= 0.3 is 0 Å². The summed E-state index contributed by atoms with van der Waals surface area (Å²) in [5.74, 6) is 1.19. The monoisotopic (exact) mass is 286 g/mol. The predicted octanol–water partition coefficient (Wildman–Crippen LogP) is 1.44. The molecule has 0 amide bonds. The highest BCUT2D eigenvalue weighted by atomic mass is 79.9. The summed E-state index contributed by atoms with van der Waals surface area (Å²) in [6, 6.07) is 1.70. The summed E-state index contributed by atoms with van der Waals surface area (Å²) in [4.78, 5) is 10.7. The third-order valence-corrected chi connectivity index (χ3v) is 3.17. The quantitative estimate of drug-likeness (QED) is 0.834. The molecule has 1 aromatic rings. The van der Waals surface area contributed by atoms with Gasteiger partial charge in [0.1, 0.15) is 10.4 Å². The van der Waals surface area contributed by atoms with Gasteiger partial charge in [0, 0.05) is 26.3 Å². The number of halogens is 1. The summed E-state index contributed by atoms with van der Waals surface area (Å²) in [7, 11) is 1.76. The van der Waals surface area contributed by atoms with Gasteiger partial charge in [-0.3, -0.25) is 0 Å². The minimum atomic E-state index is 0.362. The number of hydrogen-bond acceptors (Lipinski definition) is 5. The Morgan fingerprint density at radius 2 is 2.12 bits per heavy atom. The van der Waals surface area contributed by atoms with E-state index in [4.69, 9.17) is 10.5 Å². The van der Waals surface area contributed by atoms with Crippen molar-refractivity contribution in [2.24, 2.45) is 0 Å². The number of anilines is 2.